The van der Waals surface area contributed by atoms with Crippen LogP contribution in [-0.2, 0) is 19.3 Å². The molecule has 2 heterocycles. The minimum absolute atomic E-state index is 0.108. The Balaban J connectivity index is 1.37. The van der Waals surface area contributed by atoms with Crippen LogP contribution in [0.25, 0.3) is 0 Å². The first-order valence-corrected chi connectivity index (χ1v) is 12.5. The Morgan fingerprint density at radius 3 is 2.59 bits per heavy atom. The Morgan fingerprint density at radius 1 is 1.05 bits per heavy atom. The number of aliphatic hydroxyl groups excluding tert-OH is 1. The van der Waals surface area contributed by atoms with Crippen molar-refractivity contribution in [3.8, 4) is 0 Å². The van der Waals surface area contributed by atoms with Gasteiger partial charge < -0.3 is 15.7 Å². The van der Waals surface area contributed by atoms with Crippen LogP contribution in [-0.4, -0.2) is 34.1 Å². The maximum atomic E-state index is 13.4. The van der Waals surface area contributed by atoms with Crippen molar-refractivity contribution in [2.45, 2.75) is 26.3 Å². The highest BCUT2D eigenvalue weighted by molar-refractivity contribution is 6.07. The summed E-state index contributed by atoms with van der Waals surface area (Å²) >= 11 is 0. The lowest BCUT2D eigenvalue weighted by Gasteiger charge is -2.35. The molecule has 3 amide bonds. The third-order valence-electron chi connectivity index (χ3n) is 6.58. The van der Waals surface area contributed by atoms with Gasteiger partial charge in [0.15, 0.2) is 0 Å². The lowest BCUT2D eigenvalue weighted by molar-refractivity contribution is -0.137. The van der Waals surface area contributed by atoms with Gasteiger partial charge in [0.1, 0.15) is 5.82 Å². The average Bonchev–Trinajstić information content (AvgIpc) is 2.96. The maximum absolute atomic E-state index is 13.4. The molecule has 3 N–H and O–H groups in total. The molecule has 0 saturated carbocycles. The fraction of sp³-hybridized carbons (Fsp3) is 0.172. The van der Waals surface area contributed by atoms with Crippen LogP contribution in [0.3, 0.4) is 0 Å². The van der Waals surface area contributed by atoms with E-state index in [2.05, 4.69) is 20.6 Å². The molecule has 0 saturated heterocycles. The van der Waals surface area contributed by atoms with E-state index in [-0.39, 0.29) is 30.7 Å². The molecule has 0 bridgehead atoms. The summed E-state index contributed by atoms with van der Waals surface area (Å²) in [5.41, 5.74) is 2.59. The summed E-state index contributed by atoms with van der Waals surface area (Å²) in [5, 5.41) is 15.1. The number of halogens is 3. The summed E-state index contributed by atoms with van der Waals surface area (Å²) in [7, 11) is 1.59. The fourth-order valence-corrected chi connectivity index (χ4v) is 4.45. The number of carbonyl (C=O) groups excluding carboxylic acids is 2. The maximum Gasteiger partial charge on any atom is 0.416 e. The minimum atomic E-state index is -4.57. The standard InChI is InChI=1S/C29H25F3N6O3/c1-17-9-10-23(34-26(40)19-6-4-7-21(12-19)29(30,31)32)13-24(17)38-15-20-14-33-27(36-25(20)37(2)28(38)41)35-22-8-3-5-18(11-22)16-39/h3-14,39H,15-16H2,1-2H3,(H,34,40)(H,33,35,36). The topological polar surface area (TPSA) is 111 Å². The second-order valence-electron chi connectivity index (χ2n) is 9.49. The van der Waals surface area contributed by atoms with Gasteiger partial charge in [0.05, 0.1) is 24.4 Å². The minimum Gasteiger partial charge on any atom is -0.392 e. The first-order valence-electron chi connectivity index (χ1n) is 12.5. The van der Waals surface area contributed by atoms with Crippen LogP contribution in [0.2, 0.25) is 0 Å². The zero-order valence-electron chi connectivity index (χ0n) is 22.0. The molecule has 210 valence electrons. The number of anilines is 5. The molecule has 0 fully saturated rings. The van der Waals surface area contributed by atoms with Crippen molar-refractivity contribution in [3.05, 3.63) is 101 Å². The van der Waals surface area contributed by atoms with Gasteiger partial charge in [0.25, 0.3) is 5.91 Å². The fourth-order valence-electron chi connectivity index (χ4n) is 4.45. The first-order chi connectivity index (χ1) is 19.5. The number of rotatable bonds is 6. The smallest absolute Gasteiger partial charge is 0.392 e. The number of hydrogen-bond acceptors (Lipinski definition) is 6. The number of fused-ring (bicyclic) bond motifs is 1. The highest BCUT2D eigenvalue weighted by Crippen LogP contribution is 2.34. The molecule has 1 aliphatic heterocycles. The van der Waals surface area contributed by atoms with Gasteiger partial charge in [-0.05, 0) is 60.5 Å². The molecule has 1 aliphatic rings. The summed E-state index contributed by atoms with van der Waals surface area (Å²) in [6.07, 6.45) is -2.96. The van der Waals surface area contributed by atoms with E-state index < -0.39 is 17.6 Å². The SMILES string of the molecule is Cc1ccc(NC(=O)c2cccc(C(F)(F)F)c2)cc1N1Cc2cnc(Nc3cccc(CO)c3)nc2N(C)C1=O. The van der Waals surface area contributed by atoms with Crippen molar-refractivity contribution in [2.24, 2.45) is 0 Å². The van der Waals surface area contributed by atoms with Crippen LogP contribution in [0.4, 0.5) is 46.8 Å². The monoisotopic (exact) mass is 562 g/mol. The van der Waals surface area contributed by atoms with Gasteiger partial charge in [-0.1, -0.05) is 24.3 Å². The van der Waals surface area contributed by atoms with E-state index in [9.17, 15) is 27.9 Å². The number of aryl methyl sites for hydroxylation is 1. The largest absolute Gasteiger partial charge is 0.416 e. The highest BCUT2D eigenvalue weighted by atomic mass is 19.4. The van der Waals surface area contributed by atoms with Crippen LogP contribution in [0.15, 0.2) is 72.9 Å². The van der Waals surface area contributed by atoms with E-state index in [0.29, 0.717) is 28.4 Å². The quantitative estimate of drug-likeness (QED) is 0.271. The first kappa shape index (κ1) is 27.6. The predicted molar refractivity (Wildman–Crippen MR) is 148 cm³/mol. The van der Waals surface area contributed by atoms with Gasteiger partial charge in [-0.3, -0.25) is 14.6 Å². The summed E-state index contributed by atoms with van der Waals surface area (Å²) in [6.45, 7) is 1.86. The number of amides is 3. The molecule has 0 spiro atoms. The van der Waals surface area contributed by atoms with Crippen molar-refractivity contribution in [2.75, 3.05) is 27.5 Å². The predicted octanol–water partition coefficient (Wildman–Crippen LogP) is 5.87. The molecule has 41 heavy (non-hydrogen) atoms. The van der Waals surface area contributed by atoms with Gasteiger partial charge in [-0.25, -0.2) is 9.78 Å². The van der Waals surface area contributed by atoms with Crippen LogP contribution >= 0.6 is 0 Å². The van der Waals surface area contributed by atoms with E-state index >= 15 is 0 Å². The Labute approximate surface area is 233 Å². The van der Waals surface area contributed by atoms with Crippen molar-refractivity contribution in [1.82, 2.24) is 9.97 Å². The lowest BCUT2D eigenvalue weighted by Crippen LogP contribution is -2.46. The van der Waals surface area contributed by atoms with Crippen molar-refractivity contribution >= 4 is 40.8 Å². The normalized spacial score (nSPS) is 13.2. The molecular weight excluding hydrogens is 537 g/mol. The van der Waals surface area contributed by atoms with E-state index in [1.54, 1.807) is 62.6 Å². The second kappa shape index (κ2) is 10.9. The number of carbonyl (C=O) groups is 2. The van der Waals surface area contributed by atoms with Crippen LogP contribution in [0.1, 0.15) is 32.6 Å². The van der Waals surface area contributed by atoms with Gasteiger partial charge in [-0.2, -0.15) is 18.2 Å². The molecule has 3 aromatic carbocycles. The number of hydrogen-bond donors (Lipinski definition) is 3. The van der Waals surface area contributed by atoms with Gasteiger partial charge >= 0.3 is 12.2 Å². The van der Waals surface area contributed by atoms with Crippen molar-refractivity contribution in [3.63, 3.8) is 0 Å². The molecule has 0 unspecified atom stereocenters. The number of alkyl halides is 3. The Bertz CT molecular complexity index is 1640. The Kier molecular flexibility index (Phi) is 7.33. The number of aliphatic hydroxyl groups is 1. The number of urea groups is 1. The summed E-state index contributed by atoms with van der Waals surface area (Å²) in [4.78, 5) is 38.0. The zero-order valence-corrected chi connectivity index (χ0v) is 22.0. The molecule has 12 heteroatoms. The molecule has 0 radical (unpaired) electrons. The molecular formula is C29H25F3N6O3. The number of nitrogens with zero attached hydrogens (tertiary/aromatic N) is 4. The number of benzene rings is 3. The molecule has 9 nitrogen and oxygen atoms in total. The van der Waals surface area contributed by atoms with E-state index in [1.165, 1.54) is 21.9 Å². The summed E-state index contributed by atoms with van der Waals surface area (Å²) in [6, 6.07) is 15.9. The zero-order chi connectivity index (χ0) is 29.3. The molecule has 4 aromatic rings. The van der Waals surface area contributed by atoms with E-state index in [4.69, 9.17) is 0 Å². The van der Waals surface area contributed by atoms with Crippen LogP contribution in [0, 0.1) is 6.92 Å². The van der Waals surface area contributed by atoms with Crippen LogP contribution < -0.4 is 20.4 Å². The molecule has 0 aliphatic carbocycles. The van der Waals surface area contributed by atoms with E-state index in [1.807, 2.05) is 0 Å². The third-order valence-corrected chi connectivity index (χ3v) is 6.58. The highest BCUT2D eigenvalue weighted by Gasteiger charge is 2.32. The van der Waals surface area contributed by atoms with Gasteiger partial charge in [0.2, 0.25) is 5.95 Å². The van der Waals surface area contributed by atoms with Crippen molar-refractivity contribution < 1.29 is 27.9 Å². The van der Waals surface area contributed by atoms with E-state index in [0.717, 1.165) is 23.3 Å². The Hall–Kier alpha value is -4.97. The second-order valence-corrected chi connectivity index (χ2v) is 9.49. The summed E-state index contributed by atoms with van der Waals surface area (Å²) < 4.78 is 39.3. The lowest BCUT2D eigenvalue weighted by atomic mass is 10.1. The Morgan fingerprint density at radius 2 is 1.83 bits per heavy atom. The number of aromatic nitrogens is 2. The molecule has 1 aromatic heterocycles. The third kappa shape index (κ3) is 5.82. The average molecular weight is 563 g/mol. The van der Waals surface area contributed by atoms with Gasteiger partial charge in [-0.15, -0.1) is 0 Å². The molecule has 5 rings (SSSR count). The van der Waals surface area contributed by atoms with Crippen LogP contribution in [0.5, 0.6) is 0 Å². The summed E-state index contributed by atoms with van der Waals surface area (Å²) in [5.74, 6) is -0.00701. The molecule has 0 atom stereocenters. The number of nitrogens with one attached hydrogen (secondary N) is 2. The van der Waals surface area contributed by atoms with Crippen molar-refractivity contribution in [1.29, 1.82) is 0 Å². The van der Waals surface area contributed by atoms with Gasteiger partial charge in [0, 0.05) is 35.7 Å².